The zero-order valence-corrected chi connectivity index (χ0v) is 16.3. The van der Waals surface area contributed by atoms with E-state index in [9.17, 15) is 17.6 Å². The highest BCUT2D eigenvalue weighted by Crippen LogP contribution is 2.22. The molecule has 2 aromatic rings. The first-order chi connectivity index (χ1) is 13.5. The molecule has 2 N–H and O–H groups in total. The van der Waals surface area contributed by atoms with Crippen LogP contribution in [-0.2, 0) is 21.4 Å². The van der Waals surface area contributed by atoms with Crippen LogP contribution in [0.15, 0.2) is 53.4 Å². The normalized spacial score (nSPS) is 15.2. The Morgan fingerprint density at radius 3 is 2.54 bits per heavy atom. The molecule has 1 saturated heterocycles. The molecule has 1 aliphatic heterocycles. The van der Waals surface area contributed by atoms with E-state index in [0.29, 0.717) is 24.3 Å². The van der Waals surface area contributed by atoms with Crippen molar-refractivity contribution in [1.82, 2.24) is 9.62 Å². The molecule has 150 valence electrons. The SMILES string of the molecule is O=C(CNc1cccc(S(=O)(=O)N2CCCCC2)c1)NCc1ccccc1F. The van der Waals surface area contributed by atoms with E-state index >= 15 is 0 Å². The van der Waals surface area contributed by atoms with Gasteiger partial charge in [-0.3, -0.25) is 4.79 Å². The van der Waals surface area contributed by atoms with Crippen molar-refractivity contribution in [1.29, 1.82) is 0 Å². The van der Waals surface area contributed by atoms with Gasteiger partial charge in [-0.2, -0.15) is 4.31 Å². The third kappa shape index (κ3) is 5.08. The molecule has 1 fully saturated rings. The Bertz CT molecular complexity index is 928. The summed E-state index contributed by atoms with van der Waals surface area (Å²) in [4.78, 5) is 12.2. The maximum Gasteiger partial charge on any atom is 0.243 e. The highest BCUT2D eigenvalue weighted by Gasteiger charge is 2.25. The Morgan fingerprint density at radius 1 is 1.04 bits per heavy atom. The molecule has 3 rings (SSSR count). The molecular formula is C20H24FN3O3S. The van der Waals surface area contributed by atoms with E-state index in [-0.39, 0.29) is 29.7 Å². The average Bonchev–Trinajstić information content (AvgIpc) is 2.72. The van der Waals surface area contributed by atoms with Gasteiger partial charge in [-0.25, -0.2) is 12.8 Å². The zero-order valence-electron chi connectivity index (χ0n) is 15.5. The summed E-state index contributed by atoms with van der Waals surface area (Å²) in [6.07, 6.45) is 2.80. The number of hydrogen-bond donors (Lipinski definition) is 2. The lowest BCUT2D eigenvalue weighted by Crippen LogP contribution is -2.35. The predicted octanol–water partition coefficient (Wildman–Crippen LogP) is 2.73. The number of hydrogen-bond acceptors (Lipinski definition) is 4. The molecular weight excluding hydrogens is 381 g/mol. The number of amides is 1. The van der Waals surface area contributed by atoms with Crippen LogP contribution in [0.3, 0.4) is 0 Å². The molecule has 1 amide bonds. The van der Waals surface area contributed by atoms with Gasteiger partial charge in [0.2, 0.25) is 15.9 Å². The zero-order chi connectivity index (χ0) is 20.0. The van der Waals surface area contributed by atoms with Crippen molar-refractivity contribution in [2.45, 2.75) is 30.7 Å². The Kier molecular flexibility index (Phi) is 6.64. The van der Waals surface area contributed by atoms with Crippen molar-refractivity contribution in [2.24, 2.45) is 0 Å². The highest BCUT2D eigenvalue weighted by molar-refractivity contribution is 7.89. The minimum absolute atomic E-state index is 0.0400. The molecule has 0 aliphatic carbocycles. The number of nitrogens with zero attached hydrogens (tertiary/aromatic N) is 1. The number of halogens is 1. The second-order valence-corrected chi connectivity index (χ2v) is 8.65. The lowest BCUT2D eigenvalue weighted by atomic mass is 10.2. The largest absolute Gasteiger partial charge is 0.376 e. The van der Waals surface area contributed by atoms with Crippen molar-refractivity contribution in [3.63, 3.8) is 0 Å². The van der Waals surface area contributed by atoms with E-state index in [1.807, 2.05) is 0 Å². The number of anilines is 1. The summed E-state index contributed by atoms with van der Waals surface area (Å²) in [6, 6.07) is 12.7. The summed E-state index contributed by atoms with van der Waals surface area (Å²) in [5.41, 5.74) is 0.949. The van der Waals surface area contributed by atoms with E-state index in [4.69, 9.17) is 0 Å². The fourth-order valence-corrected chi connectivity index (χ4v) is 4.66. The van der Waals surface area contributed by atoms with E-state index < -0.39 is 10.0 Å². The Morgan fingerprint density at radius 2 is 1.79 bits per heavy atom. The first-order valence-electron chi connectivity index (χ1n) is 9.31. The van der Waals surface area contributed by atoms with Gasteiger partial charge in [-0.15, -0.1) is 0 Å². The Hall–Kier alpha value is -2.45. The Balaban J connectivity index is 1.57. The van der Waals surface area contributed by atoms with Crippen molar-refractivity contribution in [2.75, 3.05) is 25.0 Å². The fourth-order valence-electron chi connectivity index (χ4n) is 3.10. The molecule has 8 heteroatoms. The van der Waals surface area contributed by atoms with Gasteiger partial charge in [0.05, 0.1) is 11.4 Å². The van der Waals surface area contributed by atoms with Crippen LogP contribution in [0.25, 0.3) is 0 Å². The van der Waals surface area contributed by atoms with Crippen molar-refractivity contribution >= 4 is 21.6 Å². The summed E-state index contributed by atoms with van der Waals surface area (Å²) in [7, 11) is -3.52. The number of carbonyl (C=O) groups is 1. The summed E-state index contributed by atoms with van der Waals surface area (Å²) in [5, 5.41) is 5.56. The predicted molar refractivity (Wildman–Crippen MR) is 106 cm³/mol. The number of carbonyl (C=O) groups excluding carboxylic acids is 1. The number of nitrogens with one attached hydrogen (secondary N) is 2. The smallest absolute Gasteiger partial charge is 0.243 e. The quantitative estimate of drug-likeness (QED) is 0.743. The van der Waals surface area contributed by atoms with Crippen LogP contribution in [0.4, 0.5) is 10.1 Å². The van der Waals surface area contributed by atoms with Crippen LogP contribution >= 0.6 is 0 Å². The minimum atomic E-state index is -3.52. The summed E-state index contributed by atoms with van der Waals surface area (Å²) in [5.74, 6) is -0.682. The second-order valence-electron chi connectivity index (χ2n) is 6.71. The first-order valence-corrected chi connectivity index (χ1v) is 10.7. The molecule has 1 aliphatic rings. The summed E-state index contributed by atoms with van der Waals surface area (Å²) >= 11 is 0. The standard InChI is InChI=1S/C20H24FN3O3S/c21-19-10-3-2-7-16(19)14-23-20(25)15-22-17-8-6-9-18(13-17)28(26,27)24-11-4-1-5-12-24/h2-3,6-10,13,22H,1,4-5,11-12,14-15H2,(H,23,25). The third-order valence-corrected chi connectivity index (χ3v) is 6.57. The minimum Gasteiger partial charge on any atom is -0.376 e. The molecule has 0 aromatic heterocycles. The van der Waals surface area contributed by atoms with Gasteiger partial charge in [-0.05, 0) is 37.1 Å². The van der Waals surface area contributed by atoms with Crippen LogP contribution in [-0.4, -0.2) is 38.3 Å². The van der Waals surface area contributed by atoms with E-state index in [1.54, 1.807) is 36.4 Å². The van der Waals surface area contributed by atoms with Crippen molar-refractivity contribution in [3.8, 4) is 0 Å². The topological polar surface area (TPSA) is 78.5 Å². The van der Waals surface area contributed by atoms with Gasteiger partial charge in [0, 0.05) is 30.9 Å². The lowest BCUT2D eigenvalue weighted by molar-refractivity contribution is -0.119. The van der Waals surface area contributed by atoms with Gasteiger partial charge in [0.1, 0.15) is 5.82 Å². The summed E-state index contributed by atoms with van der Waals surface area (Å²) < 4.78 is 40.6. The highest BCUT2D eigenvalue weighted by atomic mass is 32.2. The third-order valence-electron chi connectivity index (χ3n) is 4.67. The van der Waals surface area contributed by atoms with Gasteiger partial charge >= 0.3 is 0 Å². The second kappa shape index (κ2) is 9.16. The number of rotatable bonds is 7. The van der Waals surface area contributed by atoms with Crippen molar-refractivity contribution < 1.29 is 17.6 Å². The molecule has 0 spiro atoms. The van der Waals surface area contributed by atoms with Crippen molar-refractivity contribution in [3.05, 3.63) is 59.9 Å². The first kappa shape index (κ1) is 20.3. The summed E-state index contributed by atoms with van der Waals surface area (Å²) in [6.45, 7) is 1.13. The molecule has 0 bridgehead atoms. The maximum absolute atomic E-state index is 13.6. The van der Waals surface area contributed by atoms with Gasteiger partial charge < -0.3 is 10.6 Å². The van der Waals surface area contributed by atoms with Crippen LogP contribution in [0, 0.1) is 5.82 Å². The van der Waals surface area contributed by atoms with Crippen LogP contribution in [0.1, 0.15) is 24.8 Å². The monoisotopic (exact) mass is 405 g/mol. The molecule has 6 nitrogen and oxygen atoms in total. The molecule has 0 radical (unpaired) electrons. The number of sulfonamides is 1. The average molecular weight is 405 g/mol. The van der Waals surface area contributed by atoms with Gasteiger partial charge in [0.25, 0.3) is 0 Å². The molecule has 1 heterocycles. The van der Waals surface area contributed by atoms with Gasteiger partial charge in [0.15, 0.2) is 0 Å². The molecule has 0 unspecified atom stereocenters. The van der Waals surface area contributed by atoms with Crippen LogP contribution in [0.5, 0.6) is 0 Å². The van der Waals surface area contributed by atoms with E-state index in [1.165, 1.54) is 16.4 Å². The molecule has 0 atom stereocenters. The van der Waals surface area contributed by atoms with E-state index in [2.05, 4.69) is 10.6 Å². The van der Waals surface area contributed by atoms with Crippen LogP contribution < -0.4 is 10.6 Å². The van der Waals surface area contributed by atoms with Crippen LogP contribution in [0.2, 0.25) is 0 Å². The molecule has 2 aromatic carbocycles. The molecule has 28 heavy (non-hydrogen) atoms. The lowest BCUT2D eigenvalue weighted by Gasteiger charge is -2.26. The van der Waals surface area contributed by atoms with Gasteiger partial charge in [-0.1, -0.05) is 30.7 Å². The molecule has 0 saturated carbocycles. The Labute approximate surface area is 164 Å². The number of benzene rings is 2. The maximum atomic E-state index is 13.6. The fraction of sp³-hybridized carbons (Fsp3) is 0.350. The van der Waals surface area contributed by atoms with E-state index in [0.717, 1.165) is 19.3 Å². The number of piperidine rings is 1.